The fourth-order valence-electron chi connectivity index (χ4n) is 1.20. The van der Waals surface area contributed by atoms with Crippen molar-refractivity contribution >= 4 is 17.4 Å². The van der Waals surface area contributed by atoms with Crippen molar-refractivity contribution in [1.82, 2.24) is 0 Å². The van der Waals surface area contributed by atoms with E-state index < -0.39 is 0 Å². The van der Waals surface area contributed by atoms with Crippen LogP contribution in [0.25, 0.3) is 0 Å². The van der Waals surface area contributed by atoms with E-state index in [9.17, 15) is 15.1 Å². The minimum absolute atomic E-state index is 0.212. The minimum atomic E-state index is -0.291. The zero-order valence-corrected chi connectivity index (χ0v) is 7.99. The summed E-state index contributed by atoms with van der Waals surface area (Å²) in [6, 6.07) is 6.89. The summed E-state index contributed by atoms with van der Waals surface area (Å²) in [5.74, 6) is -0.291. The van der Waals surface area contributed by atoms with E-state index in [1.54, 1.807) is 24.3 Å². The summed E-state index contributed by atoms with van der Waals surface area (Å²) in [5.41, 5.74) is 0.466. The van der Waals surface area contributed by atoms with Crippen molar-refractivity contribution in [2.45, 2.75) is 4.90 Å². The maximum Gasteiger partial charge on any atom is 0.270 e. The Balaban J connectivity index is 2.53. The summed E-state index contributed by atoms with van der Waals surface area (Å²) < 4.78 is 0.654. The van der Waals surface area contributed by atoms with Crippen molar-refractivity contribution < 1.29 is 15.0 Å². The van der Waals surface area contributed by atoms with Crippen LogP contribution in [-0.4, -0.2) is 21.5 Å². The molecule has 2 N–H and O–H groups in total. The summed E-state index contributed by atoms with van der Waals surface area (Å²) in [6.07, 6.45) is 0. The Morgan fingerprint density at radius 3 is 2.79 bits per heavy atom. The average molecular weight is 210 g/mol. The van der Waals surface area contributed by atoms with Crippen LogP contribution in [-0.2, 0) is 0 Å². The highest BCUT2D eigenvalue weighted by molar-refractivity contribution is 8.03. The van der Waals surface area contributed by atoms with Gasteiger partial charge in [0.25, 0.3) is 12.2 Å². The second-order valence-corrected chi connectivity index (χ2v) is 3.89. The predicted molar refractivity (Wildman–Crippen MR) is 52.7 cm³/mol. The highest BCUT2D eigenvalue weighted by atomic mass is 32.2. The zero-order valence-electron chi connectivity index (χ0n) is 7.17. The number of hydrogen-bond acceptors (Lipinski definition) is 4. The van der Waals surface area contributed by atoms with Crippen molar-refractivity contribution in [3.8, 4) is 0 Å². The van der Waals surface area contributed by atoms with Gasteiger partial charge in [-0.2, -0.15) is 0 Å². The molecular weight excluding hydrogens is 202 g/mol. The number of benzene rings is 1. The minimum Gasteiger partial charge on any atom is -0.503 e. The maximum absolute atomic E-state index is 11.5. The molecule has 5 heteroatoms. The number of nitroso groups, excluding NO2 is 1. The Labute approximate surface area is 84.4 Å². The molecule has 1 aliphatic rings. The van der Waals surface area contributed by atoms with Gasteiger partial charge in [0.1, 0.15) is 0 Å². The predicted octanol–water partition coefficient (Wildman–Crippen LogP) is 2.49. The molecule has 1 aliphatic heterocycles. The molecule has 0 radical (unpaired) electrons. The first-order chi connectivity index (χ1) is 6.68. The van der Waals surface area contributed by atoms with Crippen molar-refractivity contribution in [3.63, 3.8) is 0 Å². The van der Waals surface area contributed by atoms with E-state index in [1.165, 1.54) is 0 Å². The standard InChI is InChI=1S/C9H7NO3S/c11-7-5-10(13)6-3-1-2-4-8(6)14-9(7)12/h1-4H,5H2,(H-,11,12)/p+1. The first-order valence-electron chi connectivity index (χ1n) is 4.01. The van der Waals surface area contributed by atoms with Crippen LogP contribution in [0.15, 0.2) is 40.0 Å². The van der Waals surface area contributed by atoms with Crippen LogP contribution >= 0.6 is 11.8 Å². The number of hydrogen-bond donors (Lipinski definition) is 2. The van der Waals surface area contributed by atoms with Crippen molar-refractivity contribution in [1.29, 1.82) is 0 Å². The second kappa shape index (κ2) is 3.34. The Morgan fingerprint density at radius 2 is 2.00 bits per heavy atom. The molecule has 72 valence electrons. The molecule has 0 bridgehead atoms. The summed E-state index contributed by atoms with van der Waals surface area (Å²) in [5, 5.41) is 18.4. The van der Waals surface area contributed by atoms with Gasteiger partial charge >= 0.3 is 0 Å². The number of rotatable bonds is 0. The molecule has 1 aromatic carbocycles. The van der Waals surface area contributed by atoms with Gasteiger partial charge < -0.3 is 10.2 Å². The first kappa shape index (κ1) is 9.08. The van der Waals surface area contributed by atoms with Gasteiger partial charge in [0.05, 0.1) is 4.90 Å². The summed E-state index contributed by atoms with van der Waals surface area (Å²) in [7, 11) is 0. The number of fused-ring (bicyclic) bond motifs is 1. The normalized spacial score (nSPS) is 16.4. The molecule has 0 fully saturated rings. The molecule has 0 amide bonds. The Bertz CT molecular complexity index is 428. The number of nitrogens with zero attached hydrogens (tertiary/aromatic N) is 1. The SMILES string of the molecule is O=[N+]1CC(O)=C(O)Sc2ccccc21. The lowest BCUT2D eigenvalue weighted by atomic mass is 10.3. The zero-order chi connectivity index (χ0) is 10.1. The van der Waals surface area contributed by atoms with Crippen LogP contribution in [0, 0.1) is 4.91 Å². The van der Waals surface area contributed by atoms with Gasteiger partial charge in [-0.15, -0.1) is 0 Å². The van der Waals surface area contributed by atoms with Crippen LogP contribution in [0.3, 0.4) is 0 Å². The third-order valence-corrected chi connectivity index (χ3v) is 2.87. The van der Waals surface area contributed by atoms with Crippen LogP contribution in [0.5, 0.6) is 0 Å². The first-order valence-corrected chi connectivity index (χ1v) is 4.83. The van der Waals surface area contributed by atoms with Crippen molar-refractivity contribution in [2.24, 2.45) is 0 Å². The topological polar surface area (TPSA) is 60.5 Å². The molecule has 0 aliphatic carbocycles. The van der Waals surface area contributed by atoms with E-state index >= 15 is 0 Å². The quantitative estimate of drug-likeness (QED) is 0.646. The average Bonchev–Trinajstić information content (AvgIpc) is 2.27. The van der Waals surface area contributed by atoms with Crippen LogP contribution < -0.4 is 0 Å². The van der Waals surface area contributed by atoms with Gasteiger partial charge in [-0.25, -0.2) is 0 Å². The molecule has 0 atom stereocenters. The summed E-state index contributed by atoms with van der Waals surface area (Å²) in [6.45, 7) is -0.212. The summed E-state index contributed by atoms with van der Waals surface area (Å²) in [4.78, 5) is 12.1. The highest BCUT2D eigenvalue weighted by Crippen LogP contribution is 2.36. The lowest BCUT2D eigenvalue weighted by Crippen LogP contribution is -2.05. The van der Waals surface area contributed by atoms with E-state index in [0.29, 0.717) is 15.3 Å². The van der Waals surface area contributed by atoms with Crippen molar-refractivity contribution in [3.05, 3.63) is 40.0 Å². The van der Waals surface area contributed by atoms with Crippen molar-refractivity contribution in [2.75, 3.05) is 6.54 Å². The molecule has 0 unspecified atom stereocenters. The van der Waals surface area contributed by atoms with E-state index in [4.69, 9.17) is 0 Å². The van der Waals surface area contributed by atoms with Crippen LogP contribution in [0.1, 0.15) is 0 Å². The maximum atomic E-state index is 11.5. The van der Waals surface area contributed by atoms with E-state index in [0.717, 1.165) is 11.8 Å². The lowest BCUT2D eigenvalue weighted by Gasteiger charge is -1.96. The molecule has 2 rings (SSSR count). The van der Waals surface area contributed by atoms with Crippen LogP contribution in [0.2, 0.25) is 0 Å². The fourth-order valence-corrected chi connectivity index (χ4v) is 2.01. The number of aliphatic hydroxyl groups excluding tert-OH is 2. The molecule has 4 nitrogen and oxygen atoms in total. The molecule has 14 heavy (non-hydrogen) atoms. The summed E-state index contributed by atoms with van der Waals surface area (Å²) >= 11 is 0.988. The van der Waals surface area contributed by atoms with Gasteiger partial charge in [0.15, 0.2) is 0 Å². The monoisotopic (exact) mass is 210 g/mol. The number of aliphatic hydroxyl groups is 2. The number of para-hydroxylation sites is 1. The molecule has 0 saturated heterocycles. The van der Waals surface area contributed by atoms with E-state index in [-0.39, 0.29) is 17.4 Å². The second-order valence-electron chi connectivity index (χ2n) is 2.86. The highest BCUT2D eigenvalue weighted by Gasteiger charge is 2.27. The Morgan fingerprint density at radius 1 is 1.29 bits per heavy atom. The third-order valence-electron chi connectivity index (χ3n) is 1.88. The molecule has 1 aromatic rings. The molecular formula is C9H8NO3S+. The molecule has 1 heterocycles. The van der Waals surface area contributed by atoms with Gasteiger partial charge in [-0.05, 0) is 17.8 Å². The molecule has 0 spiro atoms. The molecule has 0 aromatic heterocycles. The van der Waals surface area contributed by atoms with Gasteiger partial charge in [0.2, 0.25) is 10.9 Å². The Kier molecular flexibility index (Phi) is 2.17. The lowest BCUT2D eigenvalue weighted by molar-refractivity contribution is -0.460. The van der Waals surface area contributed by atoms with E-state index in [2.05, 4.69) is 0 Å². The smallest absolute Gasteiger partial charge is 0.270 e. The fraction of sp³-hybridized carbons (Fsp3) is 0.111. The molecule has 0 saturated carbocycles. The largest absolute Gasteiger partial charge is 0.503 e. The van der Waals surface area contributed by atoms with Gasteiger partial charge in [-0.3, -0.25) is 0 Å². The Hall–Kier alpha value is -1.49. The number of thioether (sulfide) groups is 1. The van der Waals surface area contributed by atoms with E-state index in [1.807, 2.05) is 0 Å². The third kappa shape index (κ3) is 1.46. The van der Waals surface area contributed by atoms with Gasteiger partial charge in [-0.1, -0.05) is 12.1 Å². The van der Waals surface area contributed by atoms with Gasteiger partial charge in [0, 0.05) is 15.7 Å². The van der Waals surface area contributed by atoms with Crippen LogP contribution in [0.4, 0.5) is 5.69 Å².